The van der Waals surface area contributed by atoms with Gasteiger partial charge in [0.2, 0.25) is 0 Å². The first-order chi connectivity index (χ1) is 19.8. The summed E-state index contributed by atoms with van der Waals surface area (Å²) in [5, 5.41) is 9.53. The Morgan fingerprint density at radius 1 is 1.20 bits per heavy atom. The number of rotatable bonds is 7. The van der Waals surface area contributed by atoms with Crippen molar-refractivity contribution in [2.75, 3.05) is 18.6 Å². The van der Waals surface area contributed by atoms with Gasteiger partial charge in [0.15, 0.2) is 0 Å². The molecule has 2 fully saturated rings. The zero-order valence-corrected chi connectivity index (χ0v) is 24.7. The molecule has 8 nitrogen and oxygen atoms in total. The number of thiazole rings is 1. The summed E-state index contributed by atoms with van der Waals surface area (Å²) in [6, 6.07) is 14.7. The second-order valence-electron chi connectivity index (χ2n) is 10.1. The number of hydrogen-bond donors (Lipinski definition) is 1. The van der Waals surface area contributed by atoms with Crippen LogP contribution in [0, 0.1) is 0 Å². The molecule has 2 unspecified atom stereocenters. The Morgan fingerprint density at radius 2 is 1.98 bits per heavy atom. The number of carbonyl (C=O) groups excluding carboxylic acids is 1. The molecule has 210 valence electrons. The van der Waals surface area contributed by atoms with E-state index < -0.39 is 18.1 Å². The zero-order valence-electron chi connectivity index (χ0n) is 22.2. The summed E-state index contributed by atoms with van der Waals surface area (Å²) in [4.78, 5) is 42.3. The summed E-state index contributed by atoms with van der Waals surface area (Å²) >= 11 is 7.56. The number of benzene rings is 2. The number of ether oxygens (including phenoxy) is 1. The van der Waals surface area contributed by atoms with Crippen molar-refractivity contribution in [2.24, 2.45) is 0 Å². The maximum absolute atomic E-state index is 13.5. The van der Waals surface area contributed by atoms with E-state index in [1.165, 1.54) is 10.5 Å². The van der Waals surface area contributed by atoms with E-state index in [0.29, 0.717) is 25.5 Å². The van der Waals surface area contributed by atoms with Crippen LogP contribution in [0.4, 0.5) is 11.4 Å². The van der Waals surface area contributed by atoms with Gasteiger partial charge in [-0.05, 0) is 66.4 Å². The number of carboxylic acids is 1. The van der Waals surface area contributed by atoms with Crippen molar-refractivity contribution in [2.45, 2.75) is 37.8 Å². The molecule has 1 aromatic heterocycles. The number of fused-ring (bicyclic) bond motifs is 3. The van der Waals surface area contributed by atoms with Crippen LogP contribution >= 0.6 is 35.3 Å². The van der Waals surface area contributed by atoms with E-state index in [1.807, 2.05) is 18.2 Å². The summed E-state index contributed by atoms with van der Waals surface area (Å²) in [5.74, 6) is -0.308. The molecule has 0 spiro atoms. The minimum absolute atomic E-state index is 0.243. The Kier molecular flexibility index (Phi) is 7.35. The van der Waals surface area contributed by atoms with Gasteiger partial charge in [0.25, 0.3) is 11.5 Å². The first-order valence-electron chi connectivity index (χ1n) is 13.2. The number of aromatic nitrogens is 1. The van der Waals surface area contributed by atoms with Crippen molar-refractivity contribution in [3.63, 3.8) is 0 Å². The molecule has 41 heavy (non-hydrogen) atoms. The topological polar surface area (TPSA) is 92.1 Å². The fraction of sp³-hybridized carbons (Fsp3) is 0.267. The molecule has 1 amide bonds. The molecule has 2 atom stereocenters. The standard InChI is InChI=1S/C30H27N3O5S3/c1-3-13-31-28(37)26(41-30(31)39)29-32(16-25(34)35)27(36)24(40-29)15-17-7-12-23-21(14-17)20-5-4-6-22(20)33(23)18-8-10-19(38-2)11-9-18/h3,7-12,14-15,20,22H,1,4-6,13,16H2,2H3,(H,34,35)/b24-15-,29-26+. The minimum Gasteiger partial charge on any atom is -0.497 e. The molecular weight excluding hydrogens is 579 g/mol. The molecular formula is C30H27N3O5S3. The van der Waals surface area contributed by atoms with Gasteiger partial charge in [-0.25, -0.2) is 0 Å². The van der Waals surface area contributed by atoms with E-state index in [2.05, 4.69) is 35.7 Å². The molecule has 1 N–H and O–H groups in total. The Morgan fingerprint density at radius 3 is 2.68 bits per heavy atom. The Bertz CT molecular complexity index is 1780. The second kappa shape index (κ2) is 11.0. The number of amides is 1. The van der Waals surface area contributed by atoms with Crippen LogP contribution in [0.25, 0.3) is 11.0 Å². The SMILES string of the molecule is C=CCN1C(=O)/C(=c2\s/c(=C\c3ccc4c(c3)C3CCCC3N4c3ccc(OC)cc3)c(=O)n2CC(=O)O)SC1=S. The van der Waals surface area contributed by atoms with Gasteiger partial charge in [0, 0.05) is 29.9 Å². The first kappa shape index (κ1) is 27.5. The lowest BCUT2D eigenvalue weighted by atomic mass is 9.96. The Balaban J connectivity index is 1.45. The quantitative estimate of drug-likeness (QED) is 0.322. The van der Waals surface area contributed by atoms with E-state index >= 15 is 0 Å². The highest BCUT2D eigenvalue weighted by atomic mass is 32.2. The third-order valence-corrected chi connectivity index (χ3v) is 10.4. The van der Waals surface area contributed by atoms with Crippen LogP contribution in [0.15, 0.2) is 59.9 Å². The Hall–Kier alpha value is -3.67. The average Bonchev–Trinajstić information content (AvgIpc) is 3.69. The predicted molar refractivity (Wildman–Crippen MR) is 166 cm³/mol. The van der Waals surface area contributed by atoms with Gasteiger partial charge in [-0.3, -0.25) is 23.9 Å². The number of carboxylic acid groups (broad SMARTS) is 1. The van der Waals surface area contributed by atoms with Crippen molar-refractivity contribution < 1.29 is 19.4 Å². The van der Waals surface area contributed by atoms with Gasteiger partial charge in [0.1, 0.15) is 26.2 Å². The Labute approximate surface area is 249 Å². The molecule has 1 aliphatic carbocycles. The summed E-state index contributed by atoms with van der Waals surface area (Å²) in [6.45, 7) is 3.37. The lowest BCUT2D eigenvalue weighted by molar-refractivity contribution is -0.137. The molecule has 2 aromatic carbocycles. The summed E-state index contributed by atoms with van der Waals surface area (Å²) in [6.07, 6.45) is 6.72. The van der Waals surface area contributed by atoms with Crippen LogP contribution in [-0.4, -0.2) is 50.5 Å². The third kappa shape index (κ3) is 4.81. The number of hydrogen-bond acceptors (Lipinski definition) is 8. The highest BCUT2D eigenvalue weighted by Crippen LogP contribution is 2.52. The molecule has 11 heteroatoms. The number of aliphatic carboxylic acids is 1. The van der Waals surface area contributed by atoms with Crippen molar-refractivity contribution in [1.29, 1.82) is 0 Å². The highest BCUT2D eigenvalue weighted by Gasteiger charge is 2.42. The first-order valence-corrected chi connectivity index (χ1v) is 15.2. The highest BCUT2D eigenvalue weighted by molar-refractivity contribution is 8.30. The van der Waals surface area contributed by atoms with Crippen LogP contribution in [0.5, 0.6) is 5.75 Å². The largest absolute Gasteiger partial charge is 0.497 e. The fourth-order valence-electron chi connectivity index (χ4n) is 5.98. The van der Waals surface area contributed by atoms with Gasteiger partial charge in [-0.15, -0.1) is 17.9 Å². The van der Waals surface area contributed by atoms with Gasteiger partial charge < -0.3 is 14.7 Å². The van der Waals surface area contributed by atoms with Crippen LogP contribution in [0.2, 0.25) is 0 Å². The fourth-order valence-corrected chi connectivity index (χ4v) is 8.51. The monoisotopic (exact) mass is 605 g/mol. The van der Waals surface area contributed by atoms with Crippen LogP contribution in [-0.2, 0) is 16.1 Å². The molecule has 6 rings (SSSR count). The van der Waals surface area contributed by atoms with Gasteiger partial charge in [0.05, 0.1) is 11.6 Å². The number of nitrogens with zero attached hydrogens (tertiary/aromatic N) is 3. The summed E-state index contributed by atoms with van der Waals surface area (Å²) in [5.41, 5.74) is 3.95. The third-order valence-electron chi connectivity index (χ3n) is 7.73. The summed E-state index contributed by atoms with van der Waals surface area (Å²) < 4.78 is 7.52. The van der Waals surface area contributed by atoms with Crippen molar-refractivity contribution in [3.8, 4) is 5.75 Å². The van der Waals surface area contributed by atoms with Crippen molar-refractivity contribution >= 4 is 73.9 Å². The van der Waals surface area contributed by atoms with Crippen LogP contribution in [0.3, 0.4) is 0 Å². The average molecular weight is 606 g/mol. The summed E-state index contributed by atoms with van der Waals surface area (Å²) in [7, 11) is 1.66. The van der Waals surface area contributed by atoms with E-state index in [1.54, 1.807) is 19.3 Å². The number of methoxy groups -OCH3 is 1. The number of carbonyl (C=O) groups is 2. The number of anilines is 2. The van der Waals surface area contributed by atoms with E-state index in [4.69, 9.17) is 17.0 Å². The maximum atomic E-state index is 13.5. The van der Waals surface area contributed by atoms with Crippen molar-refractivity contribution in [3.05, 3.63) is 85.8 Å². The van der Waals surface area contributed by atoms with Gasteiger partial charge in [-0.2, -0.15) is 0 Å². The molecule has 1 saturated carbocycles. The maximum Gasteiger partial charge on any atom is 0.323 e. The zero-order chi connectivity index (χ0) is 28.8. The molecule has 1 saturated heterocycles. The van der Waals surface area contributed by atoms with Gasteiger partial charge >= 0.3 is 5.97 Å². The smallest absolute Gasteiger partial charge is 0.323 e. The number of thiocarbonyl (C=S) groups is 1. The molecule has 0 radical (unpaired) electrons. The molecule has 3 heterocycles. The second-order valence-corrected chi connectivity index (χ2v) is 12.8. The lowest BCUT2D eigenvalue weighted by Crippen LogP contribution is -2.35. The van der Waals surface area contributed by atoms with E-state index in [-0.39, 0.29) is 17.4 Å². The van der Waals surface area contributed by atoms with E-state index in [0.717, 1.165) is 69.6 Å². The molecule has 3 aromatic rings. The number of thioether (sulfide) groups is 1. The van der Waals surface area contributed by atoms with Crippen LogP contribution < -0.4 is 24.4 Å². The lowest BCUT2D eigenvalue weighted by Gasteiger charge is -2.27. The van der Waals surface area contributed by atoms with Gasteiger partial charge in [-0.1, -0.05) is 42.5 Å². The van der Waals surface area contributed by atoms with E-state index in [9.17, 15) is 19.5 Å². The normalized spacial score (nSPS) is 21.4. The predicted octanol–water partition coefficient (Wildman–Crippen LogP) is 3.77. The van der Waals surface area contributed by atoms with Crippen molar-refractivity contribution in [1.82, 2.24) is 9.47 Å². The van der Waals surface area contributed by atoms with Crippen LogP contribution in [0.1, 0.15) is 36.3 Å². The molecule has 2 aliphatic heterocycles. The molecule has 3 aliphatic rings. The minimum atomic E-state index is -1.16. The molecule has 0 bridgehead atoms.